The van der Waals surface area contributed by atoms with E-state index in [9.17, 15) is 4.79 Å². The lowest BCUT2D eigenvalue weighted by atomic mass is 9.78. The summed E-state index contributed by atoms with van der Waals surface area (Å²) in [5.74, 6) is 0.369. The van der Waals surface area contributed by atoms with E-state index < -0.39 is 0 Å². The van der Waals surface area contributed by atoms with E-state index in [0.717, 1.165) is 22.1 Å². The number of amides is 1. The number of hydrogen-bond donors (Lipinski definition) is 1. The smallest absolute Gasteiger partial charge is 0.264 e. The third-order valence-electron chi connectivity index (χ3n) is 6.17. The van der Waals surface area contributed by atoms with Gasteiger partial charge >= 0.3 is 0 Å². The number of fused-ring (bicyclic) bond motifs is 1. The van der Waals surface area contributed by atoms with Crippen molar-refractivity contribution in [3.05, 3.63) is 62.5 Å². The molecule has 0 aromatic heterocycles. The van der Waals surface area contributed by atoms with E-state index in [4.69, 9.17) is 0 Å². The van der Waals surface area contributed by atoms with Crippen molar-refractivity contribution in [2.45, 2.75) is 65.5 Å². The van der Waals surface area contributed by atoms with E-state index in [1.54, 1.807) is 0 Å². The zero-order valence-corrected chi connectivity index (χ0v) is 21.9. The van der Waals surface area contributed by atoms with E-state index in [-0.39, 0.29) is 11.4 Å². The molecule has 2 aromatic rings. The molecule has 1 saturated heterocycles. The van der Waals surface area contributed by atoms with Crippen LogP contribution in [-0.4, -0.2) is 22.7 Å². The minimum atomic E-state index is -0.0963. The fourth-order valence-corrected chi connectivity index (χ4v) is 6.10. The van der Waals surface area contributed by atoms with Crippen LogP contribution in [0.5, 0.6) is 0 Å². The van der Waals surface area contributed by atoms with Crippen molar-refractivity contribution in [3.8, 4) is 0 Å². The number of amidine groups is 1. The van der Waals surface area contributed by atoms with Crippen LogP contribution in [-0.2, 0) is 4.79 Å². The van der Waals surface area contributed by atoms with Crippen LogP contribution in [0.4, 0.5) is 11.4 Å². The summed E-state index contributed by atoms with van der Waals surface area (Å²) in [6.45, 7) is 13.6. The van der Waals surface area contributed by atoms with Gasteiger partial charge in [-0.2, -0.15) is 0 Å². The van der Waals surface area contributed by atoms with Gasteiger partial charge in [0.2, 0.25) is 0 Å². The summed E-state index contributed by atoms with van der Waals surface area (Å²) in [6, 6.07) is 12.7. The van der Waals surface area contributed by atoms with Gasteiger partial charge in [-0.25, -0.2) is 4.99 Å². The predicted octanol–water partition coefficient (Wildman–Crippen LogP) is 7.15. The number of aryl methyl sites for hydroxylation is 1. The normalized spacial score (nSPS) is 22.6. The quantitative estimate of drug-likeness (QED) is 0.444. The summed E-state index contributed by atoms with van der Waals surface area (Å²) in [5.41, 5.74) is 5.89. The van der Waals surface area contributed by atoms with Gasteiger partial charge in [0.05, 0.1) is 10.6 Å². The second-order valence-electron chi connectivity index (χ2n) is 9.61. The maximum Gasteiger partial charge on any atom is 0.264 e. The molecule has 2 aliphatic rings. The summed E-state index contributed by atoms with van der Waals surface area (Å²) >= 11 is 4.83. The van der Waals surface area contributed by atoms with Crippen molar-refractivity contribution in [1.29, 1.82) is 0 Å². The Balaban J connectivity index is 1.67. The molecule has 1 atom stereocenters. The first-order valence-electron chi connectivity index (χ1n) is 11.0. The summed E-state index contributed by atoms with van der Waals surface area (Å²) < 4.78 is 1.00. The SMILES string of the molecule is Cc1cc2c(cc1/C=C1\SC(=Nc3ccc(Br)cc3)NC1=O)C(C)CC(C)(C)N2C(C)C. The first kappa shape index (κ1) is 23.1. The standard InChI is InChI=1S/C26H30BrN3OS/c1-15(2)30-22-11-16(3)18(12-21(22)17(4)14-26(30,5)6)13-23-24(31)29-25(32-23)28-20-9-7-19(27)8-10-20/h7-13,15,17H,14H2,1-6H3,(H,28,29,31)/b23-13-. The Labute approximate surface area is 203 Å². The number of thioether (sulfide) groups is 1. The van der Waals surface area contributed by atoms with Crippen molar-refractivity contribution < 1.29 is 4.79 Å². The number of benzene rings is 2. The number of rotatable bonds is 3. The van der Waals surface area contributed by atoms with Gasteiger partial charge in [-0.05, 0) is 118 Å². The van der Waals surface area contributed by atoms with E-state index in [1.165, 1.54) is 28.6 Å². The molecule has 1 N–H and O–H groups in total. The molecule has 2 aliphatic heterocycles. The largest absolute Gasteiger partial charge is 0.364 e. The molecule has 0 spiro atoms. The molecule has 0 aliphatic carbocycles. The fraction of sp³-hybridized carbons (Fsp3) is 0.385. The molecule has 168 valence electrons. The molecule has 0 saturated carbocycles. The van der Waals surface area contributed by atoms with Crippen molar-refractivity contribution >= 4 is 56.2 Å². The van der Waals surface area contributed by atoms with Crippen molar-refractivity contribution in [3.63, 3.8) is 0 Å². The van der Waals surface area contributed by atoms with Gasteiger partial charge in [-0.1, -0.05) is 22.9 Å². The van der Waals surface area contributed by atoms with Gasteiger partial charge in [0.25, 0.3) is 5.91 Å². The van der Waals surface area contributed by atoms with Crippen LogP contribution < -0.4 is 10.2 Å². The molecule has 6 heteroatoms. The molecule has 2 aromatic carbocycles. The molecular formula is C26H30BrN3OS. The number of aliphatic imine (C=N–C) groups is 1. The highest BCUT2D eigenvalue weighted by molar-refractivity contribution is 9.10. The first-order valence-corrected chi connectivity index (χ1v) is 12.6. The van der Waals surface area contributed by atoms with Gasteiger partial charge in [0.1, 0.15) is 0 Å². The molecule has 1 amide bonds. The maximum atomic E-state index is 12.6. The van der Waals surface area contributed by atoms with Crippen LogP contribution in [0.15, 0.2) is 50.8 Å². The third kappa shape index (κ3) is 4.53. The average molecular weight is 513 g/mol. The summed E-state index contributed by atoms with van der Waals surface area (Å²) in [7, 11) is 0. The summed E-state index contributed by atoms with van der Waals surface area (Å²) in [4.78, 5) is 20.4. The molecular weight excluding hydrogens is 482 g/mol. The van der Waals surface area contributed by atoms with Crippen LogP contribution in [0.3, 0.4) is 0 Å². The van der Waals surface area contributed by atoms with E-state index >= 15 is 0 Å². The highest BCUT2D eigenvalue weighted by atomic mass is 79.9. The number of carbonyl (C=O) groups excluding carboxylic acids is 1. The minimum absolute atomic E-state index is 0.0963. The topological polar surface area (TPSA) is 44.7 Å². The predicted molar refractivity (Wildman–Crippen MR) is 141 cm³/mol. The maximum absolute atomic E-state index is 12.6. The van der Waals surface area contributed by atoms with E-state index in [2.05, 4.69) is 84.8 Å². The molecule has 32 heavy (non-hydrogen) atoms. The number of halogens is 1. The lowest BCUT2D eigenvalue weighted by molar-refractivity contribution is -0.115. The van der Waals surface area contributed by atoms with Crippen LogP contribution in [0.2, 0.25) is 0 Å². The van der Waals surface area contributed by atoms with Crippen LogP contribution in [0.25, 0.3) is 6.08 Å². The monoisotopic (exact) mass is 511 g/mol. The second-order valence-corrected chi connectivity index (χ2v) is 11.6. The van der Waals surface area contributed by atoms with Crippen molar-refractivity contribution in [2.75, 3.05) is 4.90 Å². The molecule has 4 nitrogen and oxygen atoms in total. The summed E-state index contributed by atoms with van der Waals surface area (Å²) in [6.07, 6.45) is 3.11. The summed E-state index contributed by atoms with van der Waals surface area (Å²) in [5, 5.41) is 3.51. The minimum Gasteiger partial charge on any atom is -0.364 e. The highest BCUT2D eigenvalue weighted by Gasteiger charge is 2.38. The lowest BCUT2D eigenvalue weighted by Crippen LogP contribution is -2.51. The van der Waals surface area contributed by atoms with Crippen LogP contribution >= 0.6 is 27.7 Å². The van der Waals surface area contributed by atoms with Gasteiger partial charge < -0.3 is 10.2 Å². The van der Waals surface area contributed by atoms with Gasteiger partial charge in [-0.15, -0.1) is 0 Å². The Morgan fingerprint density at radius 2 is 1.94 bits per heavy atom. The zero-order valence-electron chi connectivity index (χ0n) is 19.5. The first-order chi connectivity index (χ1) is 15.0. The molecule has 1 unspecified atom stereocenters. The van der Waals surface area contributed by atoms with E-state index in [0.29, 0.717) is 22.0 Å². The Bertz CT molecular complexity index is 1120. The fourth-order valence-electron chi connectivity index (χ4n) is 5.00. The number of anilines is 1. The van der Waals surface area contributed by atoms with E-state index in [1.807, 2.05) is 30.3 Å². The molecule has 0 bridgehead atoms. The van der Waals surface area contributed by atoms with Gasteiger partial charge in [0, 0.05) is 21.7 Å². The number of nitrogens with zero attached hydrogens (tertiary/aromatic N) is 2. The van der Waals surface area contributed by atoms with Crippen molar-refractivity contribution in [1.82, 2.24) is 5.32 Å². The lowest BCUT2D eigenvalue weighted by Gasteiger charge is -2.50. The molecule has 2 heterocycles. The van der Waals surface area contributed by atoms with Gasteiger partial charge in [-0.3, -0.25) is 4.79 Å². The van der Waals surface area contributed by atoms with Crippen LogP contribution in [0.1, 0.15) is 63.6 Å². The second kappa shape index (κ2) is 8.71. The Kier molecular flexibility index (Phi) is 6.29. The molecule has 4 rings (SSSR count). The Morgan fingerprint density at radius 3 is 2.59 bits per heavy atom. The average Bonchev–Trinajstić information content (AvgIpc) is 3.02. The highest BCUT2D eigenvalue weighted by Crippen LogP contribution is 2.45. The van der Waals surface area contributed by atoms with Gasteiger partial charge in [0.15, 0.2) is 5.17 Å². The Morgan fingerprint density at radius 1 is 1.25 bits per heavy atom. The third-order valence-corrected chi connectivity index (χ3v) is 7.61. The molecule has 1 fully saturated rings. The number of hydrogen-bond acceptors (Lipinski definition) is 4. The van der Waals surface area contributed by atoms with Crippen LogP contribution in [0, 0.1) is 6.92 Å². The Hall–Kier alpha value is -2.05. The number of nitrogens with one attached hydrogen (secondary N) is 1. The zero-order chi connectivity index (χ0) is 23.2. The molecule has 0 radical (unpaired) electrons. The number of carbonyl (C=O) groups is 1. The van der Waals surface area contributed by atoms with Crippen molar-refractivity contribution in [2.24, 2.45) is 4.99 Å².